The molecule has 0 aliphatic heterocycles. The summed E-state index contributed by atoms with van der Waals surface area (Å²) in [6.45, 7) is 6.31. The molecule has 0 saturated heterocycles. The fourth-order valence-electron chi connectivity index (χ4n) is 1.07. The SMILES string of the molecule is C=CCCCOC(CC)CC(=O)OC. The van der Waals surface area contributed by atoms with Crippen LogP contribution in [0.15, 0.2) is 12.7 Å². The van der Waals surface area contributed by atoms with Crippen LogP contribution in [0.5, 0.6) is 0 Å². The number of rotatable bonds is 8. The minimum Gasteiger partial charge on any atom is -0.469 e. The summed E-state index contributed by atoms with van der Waals surface area (Å²) in [6, 6.07) is 0. The Hall–Kier alpha value is -0.830. The van der Waals surface area contributed by atoms with E-state index < -0.39 is 0 Å². The smallest absolute Gasteiger partial charge is 0.308 e. The van der Waals surface area contributed by atoms with E-state index in [1.165, 1.54) is 7.11 Å². The van der Waals surface area contributed by atoms with Crippen LogP contribution in [0, 0.1) is 0 Å². The highest BCUT2D eigenvalue weighted by atomic mass is 16.5. The van der Waals surface area contributed by atoms with Crippen LogP contribution in [0.3, 0.4) is 0 Å². The second-order valence-electron chi connectivity index (χ2n) is 3.11. The highest BCUT2D eigenvalue weighted by Gasteiger charge is 2.11. The van der Waals surface area contributed by atoms with Gasteiger partial charge < -0.3 is 9.47 Å². The minimum absolute atomic E-state index is 0.00716. The normalized spacial score (nSPS) is 12.1. The molecule has 0 aromatic rings. The molecule has 0 aliphatic carbocycles. The molecule has 0 saturated carbocycles. The summed E-state index contributed by atoms with van der Waals surface area (Å²) in [6.07, 6.45) is 4.96. The quantitative estimate of drug-likeness (QED) is 0.342. The summed E-state index contributed by atoms with van der Waals surface area (Å²) < 4.78 is 10.1. The first-order chi connectivity index (χ1) is 6.74. The molecule has 0 heterocycles. The summed E-state index contributed by atoms with van der Waals surface area (Å²) >= 11 is 0. The Kier molecular flexibility index (Phi) is 8.24. The van der Waals surface area contributed by atoms with Crippen LogP contribution in [0.2, 0.25) is 0 Å². The molecule has 0 N–H and O–H groups in total. The van der Waals surface area contributed by atoms with Gasteiger partial charge in [-0.3, -0.25) is 4.79 Å². The third kappa shape index (κ3) is 6.66. The van der Waals surface area contributed by atoms with E-state index in [4.69, 9.17) is 4.74 Å². The van der Waals surface area contributed by atoms with Crippen LogP contribution in [0.1, 0.15) is 32.6 Å². The summed E-state index contributed by atoms with van der Waals surface area (Å²) in [7, 11) is 1.40. The molecular formula is C11H20O3. The molecule has 82 valence electrons. The summed E-state index contributed by atoms with van der Waals surface area (Å²) in [4.78, 5) is 11.0. The van der Waals surface area contributed by atoms with Crippen molar-refractivity contribution in [2.24, 2.45) is 0 Å². The average Bonchev–Trinajstić information content (AvgIpc) is 2.22. The lowest BCUT2D eigenvalue weighted by Crippen LogP contribution is -2.18. The Bertz CT molecular complexity index is 166. The largest absolute Gasteiger partial charge is 0.469 e. The third-order valence-corrected chi connectivity index (χ3v) is 1.98. The van der Waals surface area contributed by atoms with E-state index in [0.29, 0.717) is 13.0 Å². The van der Waals surface area contributed by atoms with Crippen molar-refractivity contribution in [2.45, 2.75) is 38.7 Å². The van der Waals surface area contributed by atoms with Crippen LogP contribution in [0.25, 0.3) is 0 Å². The van der Waals surface area contributed by atoms with E-state index in [0.717, 1.165) is 19.3 Å². The first-order valence-electron chi connectivity index (χ1n) is 5.03. The van der Waals surface area contributed by atoms with E-state index >= 15 is 0 Å². The molecule has 1 atom stereocenters. The number of carbonyl (C=O) groups excluding carboxylic acids is 1. The molecule has 1 unspecified atom stereocenters. The van der Waals surface area contributed by atoms with E-state index in [9.17, 15) is 4.79 Å². The average molecular weight is 200 g/mol. The second-order valence-corrected chi connectivity index (χ2v) is 3.11. The van der Waals surface area contributed by atoms with Gasteiger partial charge in [0.15, 0.2) is 0 Å². The third-order valence-electron chi connectivity index (χ3n) is 1.98. The zero-order valence-electron chi connectivity index (χ0n) is 9.12. The number of hydrogen-bond acceptors (Lipinski definition) is 3. The molecule has 0 aromatic heterocycles. The highest BCUT2D eigenvalue weighted by Crippen LogP contribution is 2.06. The van der Waals surface area contributed by atoms with Gasteiger partial charge in [0.1, 0.15) is 0 Å². The van der Waals surface area contributed by atoms with Crippen LogP contribution >= 0.6 is 0 Å². The molecule has 0 radical (unpaired) electrons. The van der Waals surface area contributed by atoms with Crippen LogP contribution in [-0.2, 0) is 14.3 Å². The first kappa shape index (κ1) is 13.2. The Morgan fingerprint density at radius 2 is 2.29 bits per heavy atom. The number of carbonyl (C=O) groups is 1. The van der Waals surface area contributed by atoms with E-state index in [1.807, 2.05) is 13.0 Å². The van der Waals surface area contributed by atoms with Crippen molar-refractivity contribution in [2.75, 3.05) is 13.7 Å². The Labute approximate surface area is 86.1 Å². The van der Waals surface area contributed by atoms with Crippen molar-refractivity contribution < 1.29 is 14.3 Å². The lowest BCUT2D eigenvalue weighted by Gasteiger charge is -2.14. The zero-order valence-corrected chi connectivity index (χ0v) is 9.12. The molecule has 3 nitrogen and oxygen atoms in total. The van der Waals surface area contributed by atoms with Gasteiger partial charge in [-0.15, -0.1) is 6.58 Å². The molecule has 0 aromatic carbocycles. The maximum atomic E-state index is 11.0. The van der Waals surface area contributed by atoms with Crippen LogP contribution < -0.4 is 0 Å². The molecule has 0 aliphatic rings. The molecule has 0 fully saturated rings. The van der Waals surface area contributed by atoms with E-state index in [2.05, 4.69) is 11.3 Å². The summed E-state index contributed by atoms with van der Waals surface area (Å²) in [5.74, 6) is -0.208. The van der Waals surface area contributed by atoms with Crippen molar-refractivity contribution in [1.29, 1.82) is 0 Å². The van der Waals surface area contributed by atoms with Gasteiger partial charge in [0, 0.05) is 6.61 Å². The van der Waals surface area contributed by atoms with E-state index in [-0.39, 0.29) is 12.1 Å². The van der Waals surface area contributed by atoms with Crippen LogP contribution in [-0.4, -0.2) is 25.8 Å². The van der Waals surface area contributed by atoms with Crippen molar-refractivity contribution in [3.63, 3.8) is 0 Å². The van der Waals surface area contributed by atoms with Gasteiger partial charge in [-0.2, -0.15) is 0 Å². The van der Waals surface area contributed by atoms with Crippen molar-refractivity contribution in [1.82, 2.24) is 0 Å². The summed E-state index contributed by atoms with van der Waals surface area (Å²) in [5, 5.41) is 0. The van der Waals surface area contributed by atoms with Crippen molar-refractivity contribution >= 4 is 5.97 Å². The minimum atomic E-state index is -0.208. The second kappa shape index (κ2) is 8.75. The Morgan fingerprint density at radius 1 is 1.57 bits per heavy atom. The monoisotopic (exact) mass is 200 g/mol. The number of hydrogen-bond donors (Lipinski definition) is 0. The first-order valence-corrected chi connectivity index (χ1v) is 5.03. The molecule has 0 rings (SSSR count). The molecule has 0 amide bonds. The van der Waals surface area contributed by atoms with Crippen molar-refractivity contribution in [3.8, 4) is 0 Å². The predicted octanol–water partition coefficient (Wildman–Crippen LogP) is 2.31. The molecule has 14 heavy (non-hydrogen) atoms. The number of esters is 1. The van der Waals surface area contributed by atoms with E-state index in [1.54, 1.807) is 0 Å². The highest BCUT2D eigenvalue weighted by molar-refractivity contribution is 5.69. The van der Waals surface area contributed by atoms with Gasteiger partial charge in [-0.05, 0) is 19.3 Å². The standard InChI is InChI=1S/C11H20O3/c1-4-6-7-8-14-10(5-2)9-11(12)13-3/h4,10H,1,5-9H2,2-3H3. The maximum absolute atomic E-state index is 11.0. The number of ether oxygens (including phenoxy) is 2. The fraction of sp³-hybridized carbons (Fsp3) is 0.727. The van der Waals surface area contributed by atoms with Gasteiger partial charge in [-0.1, -0.05) is 13.0 Å². The topological polar surface area (TPSA) is 35.5 Å². The lowest BCUT2D eigenvalue weighted by molar-refractivity contribution is -0.143. The fourth-order valence-corrected chi connectivity index (χ4v) is 1.07. The molecule has 0 bridgehead atoms. The summed E-state index contributed by atoms with van der Waals surface area (Å²) in [5.41, 5.74) is 0. The maximum Gasteiger partial charge on any atom is 0.308 e. The Balaban J connectivity index is 3.57. The number of unbranched alkanes of at least 4 members (excludes halogenated alkanes) is 1. The van der Waals surface area contributed by atoms with Gasteiger partial charge >= 0.3 is 5.97 Å². The Morgan fingerprint density at radius 3 is 2.79 bits per heavy atom. The lowest BCUT2D eigenvalue weighted by atomic mass is 10.2. The zero-order chi connectivity index (χ0) is 10.8. The van der Waals surface area contributed by atoms with Gasteiger partial charge in [0.25, 0.3) is 0 Å². The van der Waals surface area contributed by atoms with Gasteiger partial charge in [0.05, 0.1) is 19.6 Å². The van der Waals surface area contributed by atoms with Gasteiger partial charge in [-0.25, -0.2) is 0 Å². The number of allylic oxidation sites excluding steroid dienone is 1. The molecule has 3 heteroatoms. The van der Waals surface area contributed by atoms with Crippen LogP contribution in [0.4, 0.5) is 0 Å². The predicted molar refractivity (Wildman–Crippen MR) is 56.1 cm³/mol. The molecular weight excluding hydrogens is 180 g/mol. The van der Waals surface area contributed by atoms with Gasteiger partial charge in [0.2, 0.25) is 0 Å². The number of methoxy groups -OCH3 is 1. The molecule has 0 spiro atoms. The van der Waals surface area contributed by atoms with Crippen molar-refractivity contribution in [3.05, 3.63) is 12.7 Å².